The molecule has 2 unspecified atom stereocenters. The molecule has 0 spiro atoms. The molecule has 2 aromatic heterocycles. The fourth-order valence-electron chi connectivity index (χ4n) is 5.07. The summed E-state index contributed by atoms with van der Waals surface area (Å²) >= 11 is 6.88. The number of thioether (sulfide) groups is 1. The van der Waals surface area contributed by atoms with Gasteiger partial charge in [-0.25, -0.2) is 4.98 Å². The van der Waals surface area contributed by atoms with Crippen molar-refractivity contribution >= 4 is 51.7 Å². The Morgan fingerprint density at radius 3 is 2.58 bits per heavy atom. The molecule has 4 heterocycles. The second-order valence-electron chi connectivity index (χ2n) is 9.09. The minimum Gasteiger partial charge on any atom is -0.372 e. The van der Waals surface area contributed by atoms with E-state index in [0.717, 1.165) is 25.7 Å². The highest BCUT2D eigenvalue weighted by molar-refractivity contribution is 8.26. The summed E-state index contributed by atoms with van der Waals surface area (Å²) in [5.74, 6) is 0.500. The summed E-state index contributed by atoms with van der Waals surface area (Å²) in [6, 6.07) is 5.66. The number of rotatable bonds is 3. The number of thiocarbonyl (C=S) groups is 1. The summed E-state index contributed by atoms with van der Waals surface area (Å²) < 4.78 is 8.01. The zero-order chi connectivity index (χ0) is 23.1. The van der Waals surface area contributed by atoms with Crippen molar-refractivity contribution in [3.8, 4) is 0 Å². The number of hydrogen-bond donors (Lipinski definition) is 0. The van der Waals surface area contributed by atoms with Gasteiger partial charge in [-0.2, -0.15) is 0 Å². The molecule has 3 aliphatic rings. The minimum atomic E-state index is -0.190. The Bertz CT molecular complexity index is 1180. The molecule has 1 saturated carbocycles. The largest absolute Gasteiger partial charge is 0.372 e. The lowest BCUT2D eigenvalue weighted by Gasteiger charge is -2.36. The van der Waals surface area contributed by atoms with Crippen LogP contribution in [0.3, 0.4) is 0 Å². The maximum Gasteiger partial charge on any atom is 0.267 e. The van der Waals surface area contributed by atoms with Crippen molar-refractivity contribution < 1.29 is 9.53 Å². The number of nitrogens with zero attached hydrogens (tertiary/aromatic N) is 4. The van der Waals surface area contributed by atoms with Crippen LogP contribution in [0.5, 0.6) is 0 Å². The Morgan fingerprint density at radius 1 is 1.12 bits per heavy atom. The van der Waals surface area contributed by atoms with Gasteiger partial charge in [0.15, 0.2) is 0 Å². The van der Waals surface area contributed by atoms with Crippen LogP contribution in [0, 0.1) is 0 Å². The topological polar surface area (TPSA) is 67.2 Å². The first-order valence-corrected chi connectivity index (χ1v) is 12.8. The number of fused-ring (bicyclic) bond motifs is 1. The molecule has 33 heavy (non-hydrogen) atoms. The second-order valence-corrected chi connectivity index (χ2v) is 10.8. The third-order valence-corrected chi connectivity index (χ3v) is 7.84. The summed E-state index contributed by atoms with van der Waals surface area (Å²) in [7, 11) is 0. The number of amides is 1. The molecule has 2 aromatic rings. The summed E-state index contributed by atoms with van der Waals surface area (Å²) in [5, 5.41) is 0. The van der Waals surface area contributed by atoms with Gasteiger partial charge in [-0.15, -0.1) is 0 Å². The highest BCUT2D eigenvalue weighted by atomic mass is 32.2. The van der Waals surface area contributed by atoms with Crippen LogP contribution in [0.2, 0.25) is 0 Å². The van der Waals surface area contributed by atoms with Gasteiger partial charge < -0.3 is 9.64 Å². The lowest BCUT2D eigenvalue weighted by Crippen LogP contribution is -2.46. The first-order chi connectivity index (χ1) is 15.9. The number of morpholine rings is 1. The molecular weight excluding hydrogens is 456 g/mol. The van der Waals surface area contributed by atoms with Crippen LogP contribution in [0.25, 0.3) is 11.7 Å². The predicted molar refractivity (Wildman–Crippen MR) is 136 cm³/mol. The molecule has 3 fully saturated rings. The number of anilines is 1. The number of hydrogen-bond acceptors (Lipinski definition) is 7. The fraction of sp³-hybridized carbons (Fsp3) is 0.500. The van der Waals surface area contributed by atoms with E-state index in [1.807, 2.05) is 26.0 Å². The van der Waals surface area contributed by atoms with Crippen molar-refractivity contribution in [2.24, 2.45) is 0 Å². The van der Waals surface area contributed by atoms with Gasteiger partial charge in [0, 0.05) is 25.3 Å². The summed E-state index contributed by atoms with van der Waals surface area (Å²) in [6.07, 6.45) is 8.86. The first kappa shape index (κ1) is 22.6. The van der Waals surface area contributed by atoms with E-state index in [4.69, 9.17) is 21.9 Å². The molecule has 2 saturated heterocycles. The molecule has 2 atom stereocenters. The summed E-state index contributed by atoms with van der Waals surface area (Å²) in [4.78, 5) is 36.2. The lowest BCUT2D eigenvalue weighted by molar-refractivity contribution is -0.124. The van der Waals surface area contributed by atoms with Crippen LogP contribution < -0.4 is 10.5 Å². The van der Waals surface area contributed by atoms with Gasteiger partial charge in [0.1, 0.15) is 15.8 Å². The lowest BCUT2D eigenvalue weighted by atomic mass is 9.94. The molecule has 5 rings (SSSR count). The highest BCUT2D eigenvalue weighted by Gasteiger charge is 2.38. The molecule has 9 heteroatoms. The van der Waals surface area contributed by atoms with Gasteiger partial charge in [-0.05, 0) is 44.9 Å². The molecule has 7 nitrogen and oxygen atoms in total. The van der Waals surface area contributed by atoms with Crippen molar-refractivity contribution in [3.05, 3.63) is 45.2 Å². The monoisotopic (exact) mass is 484 g/mol. The number of carbonyl (C=O) groups excluding carboxylic acids is 1. The van der Waals surface area contributed by atoms with Crippen molar-refractivity contribution in [2.45, 2.75) is 64.2 Å². The highest BCUT2D eigenvalue weighted by Crippen LogP contribution is 2.38. The second kappa shape index (κ2) is 9.19. The maximum atomic E-state index is 13.6. The molecule has 2 aliphatic heterocycles. The van der Waals surface area contributed by atoms with Crippen LogP contribution in [0.15, 0.2) is 34.1 Å². The van der Waals surface area contributed by atoms with Gasteiger partial charge in [0.05, 0.1) is 22.7 Å². The Hall–Kier alpha value is -2.23. The van der Waals surface area contributed by atoms with E-state index in [-0.39, 0.29) is 29.7 Å². The quantitative estimate of drug-likeness (QED) is 0.484. The Labute approximate surface area is 202 Å². The average Bonchev–Trinajstić information content (AvgIpc) is 3.08. The van der Waals surface area contributed by atoms with Gasteiger partial charge in [0.25, 0.3) is 11.5 Å². The zero-order valence-electron chi connectivity index (χ0n) is 18.9. The van der Waals surface area contributed by atoms with E-state index in [9.17, 15) is 9.59 Å². The minimum absolute atomic E-state index is 0.0159. The first-order valence-electron chi connectivity index (χ1n) is 11.6. The SMILES string of the molecule is CC1CN(c2nc3ccccn3c(=O)c2/C=C2/SC(=S)N(C3CCCCC3)C2=O)CC(C)O1. The van der Waals surface area contributed by atoms with Crippen LogP contribution in [-0.4, -0.2) is 55.9 Å². The molecule has 0 aromatic carbocycles. The maximum absolute atomic E-state index is 13.6. The third kappa shape index (κ3) is 4.34. The normalized spacial score (nSPS) is 26.1. The predicted octanol–water partition coefficient (Wildman–Crippen LogP) is 3.84. The van der Waals surface area contributed by atoms with E-state index in [0.29, 0.717) is 39.3 Å². The average molecular weight is 485 g/mol. The molecule has 0 radical (unpaired) electrons. The van der Waals surface area contributed by atoms with E-state index < -0.39 is 0 Å². The van der Waals surface area contributed by atoms with E-state index in [1.165, 1.54) is 22.6 Å². The van der Waals surface area contributed by atoms with Crippen LogP contribution in [0.1, 0.15) is 51.5 Å². The fourth-order valence-corrected chi connectivity index (χ4v) is 6.46. The van der Waals surface area contributed by atoms with Gasteiger partial charge in [0.2, 0.25) is 0 Å². The molecule has 0 N–H and O–H groups in total. The van der Waals surface area contributed by atoms with Crippen molar-refractivity contribution in [1.29, 1.82) is 0 Å². The molecule has 1 amide bonds. The molecule has 174 valence electrons. The third-order valence-electron chi connectivity index (χ3n) is 6.51. The van der Waals surface area contributed by atoms with Gasteiger partial charge in [-0.1, -0.05) is 49.3 Å². The van der Waals surface area contributed by atoms with E-state index in [2.05, 4.69) is 4.90 Å². The van der Waals surface area contributed by atoms with Gasteiger partial charge >= 0.3 is 0 Å². The smallest absolute Gasteiger partial charge is 0.267 e. The summed E-state index contributed by atoms with van der Waals surface area (Å²) in [5.41, 5.74) is 0.811. The van der Waals surface area contributed by atoms with Crippen molar-refractivity contribution in [1.82, 2.24) is 14.3 Å². The van der Waals surface area contributed by atoms with Crippen molar-refractivity contribution in [3.63, 3.8) is 0 Å². The van der Waals surface area contributed by atoms with Gasteiger partial charge in [-0.3, -0.25) is 18.9 Å². The Balaban J connectivity index is 1.59. The number of carbonyl (C=O) groups is 1. The van der Waals surface area contributed by atoms with E-state index in [1.54, 1.807) is 23.2 Å². The zero-order valence-corrected chi connectivity index (χ0v) is 20.5. The number of aromatic nitrogens is 2. The van der Waals surface area contributed by atoms with Crippen LogP contribution in [-0.2, 0) is 9.53 Å². The molecule has 0 bridgehead atoms. The number of pyridine rings is 1. The molecule has 1 aliphatic carbocycles. The standard InChI is InChI=1S/C24H28N4O3S2/c1-15-13-26(14-16(2)31-15)21-18(22(29)27-11-7-6-10-20(27)25-21)12-19-23(30)28(24(32)33-19)17-8-4-3-5-9-17/h6-7,10-12,15-17H,3-5,8-9,13-14H2,1-2H3/b19-12+. The Morgan fingerprint density at radius 2 is 1.85 bits per heavy atom. The summed E-state index contributed by atoms with van der Waals surface area (Å²) in [6.45, 7) is 5.30. The van der Waals surface area contributed by atoms with Crippen LogP contribution in [0.4, 0.5) is 5.82 Å². The number of ether oxygens (including phenoxy) is 1. The molecular formula is C24H28N4O3S2. The van der Waals surface area contributed by atoms with E-state index >= 15 is 0 Å². The Kier molecular flexibility index (Phi) is 6.28. The van der Waals surface area contributed by atoms with Crippen molar-refractivity contribution in [2.75, 3.05) is 18.0 Å². The van der Waals surface area contributed by atoms with Crippen LogP contribution >= 0.6 is 24.0 Å².